The van der Waals surface area contributed by atoms with Crippen LogP contribution in [-0.4, -0.2) is 59.8 Å². The second kappa shape index (κ2) is 7.55. The molecule has 3 heterocycles. The van der Waals surface area contributed by atoms with Crippen LogP contribution in [-0.2, 0) is 15.1 Å². The molecule has 1 aromatic carbocycles. The Bertz CT molecular complexity index is 938. The molecule has 1 fully saturated rings. The number of piperidine rings is 1. The van der Waals surface area contributed by atoms with E-state index in [2.05, 4.69) is 5.10 Å². The molecular formula is C20H22F2N4O3. The number of ether oxygens (including phenoxy) is 1. The second-order valence-corrected chi connectivity index (χ2v) is 7.46. The molecule has 0 saturated carbocycles. The van der Waals surface area contributed by atoms with Crippen molar-refractivity contribution in [3.8, 4) is 0 Å². The van der Waals surface area contributed by atoms with Gasteiger partial charge in [-0.25, -0.2) is 13.5 Å². The van der Waals surface area contributed by atoms with Gasteiger partial charge in [0, 0.05) is 32.3 Å². The van der Waals surface area contributed by atoms with Crippen molar-refractivity contribution in [3.05, 3.63) is 47.7 Å². The Morgan fingerprint density at radius 3 is 2.69 bits per heavy atom. The van der Waals surface area contributed by atoms with Gasteiger partial charge in [-0.3, -0.25) is 14.5 Å². The van der Waals surface area contributed by atoms with E-state index in [-0.39, 0.29) is 11.5 Å². The Hall–Kier alpha value is -2.81. The zero-order valence-corrected chi connectivity index (χ0v) is 16.1. The molecule has 0 aliphatic carbocycles. The van der Waals surface area contributed by atoms with Crippen LogP contribution in [0.25, 0.3) is 0 Å². The van der Waals surface area contributed by atoms with E-state index in [4.69, 9.17) is 4.74 Å². The average molecular weight is 404 g/mol. The molecule has 0 unspecified atom stereocenters. The summed E-state index contributed by atoms with van der Waals surface area (Å²) < 4.78 is 34.1. The summed E-state index contributed by atoms with van der Waals surface area (Å²) in [5.41, 5.74) is -0.648. The Labute approximate surface area is 166 Å². The molecule has 2 aromatic rings. The molecule has 1 saturated heterocycles. The number of carbonyl (C=O) groups is 2. The average Bonchev–Trinajstić information content (AvgIpc) is 3.19. The highest BCUT2D eigenvalue weighted by atomic mass is 19.1. The number of rotatable bonds is 4. The van der Waals surface area contributed by atoms with Crippen molar-refractivity contribution in [2.24, 2.45) is 0 Å². The number of anilines is 1. The van der Waals surface area contributed by atoms with Gasteiger partial charge in [0.05, 0.1) is 36.9 Å². The number of carbonyl (C=O) groups excluding carboxylic acids is 2. The van der Waals surface area contributed by atoms with Gasteiger partial charge in [-0.1, -0.05) is 0 Å². The Morgan fingerprint density at radius 2 is 2.00 bits per heavy atom. The molecule has 2 aliphatic heterocycles. The van der Waals surface area contributed by atoms with Crippen LogP contribution in [0.15, 0.2) is 30.5 Å². The van der Waals surface area contributed by atoms with E-state index < -0.39 is 23.1 Å². The van der Waals surface area contributed by atoms with Gasteiger partial charge in [-0.05, 0) is 25.0 Å². The maximum atomic E-state index is 14.0. The highest BCUT2D eigenvalue weighted by Gasteiger charge is 2.46. The van der Waals surface area contributed by atoms with Crippen LogP contribution in [0.1, 0.15) is 29.6 Å². The largest absolute Gasteiger partial charge is 0.383 e. The monoisotopic (exact) mass is 404 g/mol. The van der Waals surface area contributed by atoms with Gasteiger partial charge in [-0.2, -0.15) is 5.10 Å². The van der Waals surface area contributed by atoms with Crippen molar-refractivity contribution in [3.63, 3.8) is 0 Å². The number of hydrogen-bond acceptors (Lipinski definition) is 4. The van der Waals surface area contributed by atoms with Crippen LogP contribution in [0.5, 0.6) is 0 Å². The molecule has 29 heavy (non-hydrogen) atoms. The number of benzene rings is 1. The molecule has 4 rings (SSSR count). The highest BCUT2D eigenvalue weighted by molar-refractivity contribution is 5.95. The van der Waals surface area contributed by atoms with Crippen LogP contribution in [0, 0.1) is 11.6 Å². The number of nitrogens with zero attached hydrogens (tertiary/aromatic N) is 4. The first-order chi connectivity index (χ1) is 13.9. The SMILES string of the molecule is COCCN1C(=O)CC2(CCN(C(=O)c3ccc(F)cc3F)CC2)n2nccc21. The summed E-state index contributed by atoms with van der Waals surface area (Å²) in [5.74, 6) is -1.34. The molecule has 1 spiro atoms. The van der Waals surface area contributed by atoms with Crippen molar-refractivity contribution in [1.82, 2.24) is 14.7 Å². The lowest BCUT2D eigenvalue weighted by atomic mass is 9.82. The van der Waals surface area contributed by atoms with Crippen molar-refractivity contribution in [1.29, 1.82) is 0 Å². The first-order valence-electron chi connectivity index (χ1n) is 9.53. The molecule has 154 valence electrons. The van der Waals surface area contributed by atoms with Crippen molar-refractivity contribution in [2.75, 3.05) is 38.3 Å². The molecule has 2 aliphatic rings. The van der Waals surface area contributed by atoms with Gasteiger partial charge in [-0.15, -0.1) is 0 Å². The Kier molecular flexibility index (Phi) is 5.08. The summed E-state index contributed by atoms with van der Waals surface area (Å²) in [6.07, 6.45) is 3.01. The maximum Gasteiger partial charge on any atom is 0.256 e. The van der Waals surface area contributed by atoms with Crippen molar-refractivity contribution in [2.45, 2.75) is 24.8 Å². The minimum Gasteiger partial charge on any atom is -0.383 e. The molecule has 1 aromatic heterocycles. The van der Waals surface area contributed by atoms with E-state index in [0.29, 0.717) is 51.6 Å². The zero-order valence-electron chi connectivity index (χ0n) is 16.1. The molecule has 0 bridgehead atoms. The van der Waals surface area contributed by atoms with Crippen molar-refractivity contribution >= 4 is 17.6 Å². The Morgan fingerprint density at radius 1 is 1.24 bits per heavy atom. The fourth-order valence-electron chi connectivity index (χ4n) is 4.22. The highest BCUT2D eigenvalue weighted by Crippen LogP contribution is 2.41. The maximum absolute atomic E-state index is 14.0. The van der Waals surface area contributed by atoms with Crippen LogP contribution in [0.3, 0.4) is 0 Å². The summed E-state index contributed by atoms with van der Waals surface area (Å²) in [6, 6.07) is 4.76. The quantitative estimate of drug-likeness (QED) is 0.784. The van der Waals surface area contributed by atoms with Gasteiger partial charge in [0.25, 0.3) is 5.91 Å². The van der Waals surface area contributed by atoms with E-state index >= 15 is 0 Å². The lowest BCUT2D eigenvalue weighted by Crippen LogP contribution is -2.55. The van der Waals surface area contributed by atoms with Gasteiger partial charge >= 0.3 is 0 Å². The normalized spacial score (nSPS) is 18.2. The summed E-state index contributed by atoms with van der Waals surface area (Å²) in [7, 11) is 1.59. The van der Waals surface area contributed by atoms with Gasteiger partial charge < -0.3 is 9.64 Å². The molecular weight excluding hydrogens is 382 g/mol. The molecule has 2 amide bonds. The predicted octanol–water partition coefficient (Wildman–Crippen LogP) is 2.18. The predicted molar refractivity (Wildman–Crippen MR) is 101 cm³/mol. The fourth-order valence-corrected chi connectivity index (χ4v) is 4.22. The molecule has 0 atom stereocenters. The van der Waals surface area contributed by atoms with E-state index in [1.54, 1.807) is 29.2 Å². The fraction of sp³-hybridized carbons (Fsp3) is 0.450. The number of likely N-dealkylation sites (tertiary alicyclic amines) is 1. The molecule has 0 N–H and O–H groups in total. The van der Waals surface area contributed by atoms with Crippen LogP contribution in [0.2, 0.25) is 0 Å². The number of hydrogen-bond donors (Lipinski definition) is 0. The Balaban J connectivity index is 1.52. The van der Waals surface area contributed by atoms with Crippen LogP contribution < -0.4 is 4.90 Å². The lowest BCUT2D eigenvalue weighted by molar-refractivity contribution is -0.123. The van der Waals surface area contributed by atoms with Gasteiger partial charge in [0.1, 0.15) is 17.5 Å². The standard InChI is InChI=1S/C20H22F2N4O3/c1-29-11-10-25-17-4-7-23-26(17)20(13-18(25)27)5-8-24(9-6-20)19(28)15-3-2-14(21)12-16(15)22/h2-4,7,12H,5-6,8-11,13H2,1H3. The second-order valence-electron chi connectivity index (χ2n) is 7.46. The third kappa shape index (κ3) is 3.39. The smallest absolute Gasteiger partial charge is 0.256 e. The number of amides is 2. The molecule has 0 radical (unpaired) electrons. The van der Waals surface area contributed by atoms with E-state index in [0.717, 1.165) is 11.9 Å². The van der Waals surface area contributed by atoms with Gasteiger partial charge in [0.15, 0.2) is 0 Å². The molecule has 7 nitrogen and oxygen atoms in total. The summed E-state index contributed by atoms with van der Waals surface area (Å²) >= 11 is 0. The number of aromatic nitrogens is 2. The third-order valence-corrected chi connectivity index (χ3v) is 5.79. The molecule has 9 heteroatoms. The van der Waals surface area contributed by atoms with Crippen LogP contribution in [0.4, 0.5) is 14.6 Å². The van der Waals surface area contributed by atoms with Crippen molar-refractivity contribution < 1.29 is 23.1 Å². The van der Waals surface area contributed by atoms with Gasteiger partial charge in [0.2, 0.25) is 5.91 Å². The summed E-state index contributed by atoms with van der Waals surface area (Å²) in [6.45, 7) is 1.60. The van der Waals surface area contributed by atoms with E-state index in [9.17, 15) is 18.4 Å². The minimum absolute atomic E-state index is 0.000550. The first-order valence-corrected chi connectivity index (χ1v) is 9.53. The number of fused-ring (bicyclic) bond motifs is 2. The number of halogens is 2. The topological polar surface area (TPSA) is 67.7 Å². The minimum atomic E-state index is -0.869. The summed E-state index contributed by atoms with van der Waals surface area (Å²) in [5, 5.41) is 4.46. The first kappa shape index (κ1) is 19.5. The van der Waals surface area contributed by atoms with E-state index in [1.165, 1.54) is 6.07 Å². The van der Waals surface area contributed by atoms with Crippen LogP contribution >= 0.6 is 0 Å². The lowest BCUT2D eigenvalue weighted by Gasteiger charge is -2.46. The van der Waals surface area contributed by atoms with E-state index in [1.807, 2.05) is 4.68 Å². The third-order valence-electron chi connectivity index (χ3n) is 5.79. The zero-order chi connectivity index (χ0) is 20.6. The summed E-state index contributed by atoms with van der Waals surface area (Å²) in [4.78, 5) is 28.7. The number of methoxy groups -OCH3 is 1.